The molecule has 1 N–H and O–H groups in total. The Morgan fingerprint density at radius 2 is 2.00 bits per heavy atom. The molecule has 0 amide bonds. The van der Waals surface area contributed by atoms with Crippen molar-refractivity contribution in [2.45, 2.75) is 51.5 Å². The molecule has 1 aliphatic heterocycles. The van der Waals surface area contributed by atoms with Crippen molar-refractivity contribution in [3.63, 3.8) is 0 Å². The van der Waals surface area contributed by atoms with E-state index in [4.69, 9.17) is 0 Å². The van der Waals surface area contributed by atoms with Crippen LogP contribution in [0.25, 0.3) is 0 Å². The highest BCUT2D eigenvalue weighted by Crippen LogP contribution is 2.42. The second-order valence-corrected chi connectivity index (χ2v) is 6.09. The van der Waals surface area contributed by atoms with Gasteiger partial charge in [-0.15, -0.1) is 0 Å². The van der Waals surface area contributed by atoms with Crippen molar-refractivity contribution in [3.05, 3.63) is 29.3 Å². The van der Waals surface area contributed by atoms with Crippen LogP contribution >= 0.6 is 0 Å². The molecule has 0 fully saturated rings. The van der Waals surface area contributed by atoms with Gasteiger partial charge < -0.3 is 10.2 Å². The first-order valence-electron chi connectivity index (χ1n) is 7.93. The van der Waals surface area contributed by atoms with Crippen LogP contribution in [-0.4, -0.2) is 30.6 Å². The van der Waals surface area contributed by atoms with Crippen molar-refractivity contribution < 1.29 is 0 Å². The molecule has 0 spiro atoms. The molecule has 1 aromatic rings. The molecule has 0 radical (unpaired) electrons. The van der Waals surface area contributed by atoms with E-state index in [1.807, 2.05) is 0 Å². The predicted molar refractivity (Wildman–Crippen MR) is 81.9 cm³/mol. The monoisotopic (exact) mass is 258 g/mol. The van der Waals surface area contributed by atoms with Gasteiger partial charge in [-0.25, -0.2) is 0 Å². The number of anilines is 1. The number of nitrogens with one attached hydrogen (secondary N) is 1. The van der Waals surface area contributed by atoms with E-state index in [9.17, 15) is 0 Å². The summed E-state index contributed by atoms with van der Waals surface area (Å²) in [4.78, 5) is 2.73. The summed E-state index contributed by atoms with van der Waals surface area (Å²) in [6.45, 7) is 8.26. The molecule has 0 aromatic heterocycles. The highest BCUT2D eigenvalue weighted by Gasteiger charge is 2.34. The maximum Gasteiger partial charge on any atom is 0.0379 e. The number of rotatable bonds is 5. The van der Waals surface area contributed by atoms with E-state index in [1.165, 1.54) is 44.5 Å². The normalized spacial score (nSPS) is 24.4. The van der Waals surface area contributed by atoms with E-state index in [0.717, 1.165) is 18.5 Å². The Morgan fingerprint density at radius 3 is 2.74 bits per heavy atom. The average Bonchev–Trinajstić information content (AvgIpc) is 2.84. The SMILES string of the molecule is CCCN(CCC)C1Cc2cccc3c2C(CN3)C1. The Hall–Kier alpha value is -1.02. The van der Waals surface area contributed by atoms with Gasteiger partial charge in [-0.05, 0) is 56.0 Å². The topological polar surface area (TPSA) is 15.3 Å². The Labute approximate surface area is 117 Å². The smallest absolute Gasteiger partial charge is 0.0379 e. The fourth-order valence-corrected chi connectivity index (χ4v) is 3.96. The van der Waals surface area contributed by atoms with Gasteiger partial charge >= 0.3 is 0 Å². The number of hydrogen-bond donors (Lipinski definition) is 1. The number of nitrogens with zero attached hydrogens (tertiary/aromatic N) is 1. The van der Waals surface area contributed by atoms with Crippen LogP contribution in [0.1, 0.15) is 50.2 Å². The predicted octanol–water partition coefficient (Wildman–Crippen LogP) is 3.63. The standard InChI is InChI=1S/C17H26N2/c1-3-8-19(9-4-2)15-10-13-6-5-7-16-17(13)14(11-15)12-18-16/h5-7,14-15,18H,3-4,8-12H2,1-2H3. The van der Waals surface area contributed by atoms with Gasteiger partial charge in [-0.1, -0.05) is 26.0 Å². The van der Waals surface area contributed by atoms with Crippen molar-refractivity contribution >= 4 is 5.69 Å². The Balaban J connectivity index is 1.82. The summed E-state index contributed by atoms with van der Waals surface area (Å²) in [5, 5.41) is 3.59. The molecular weight excluding hydrogens is 232 g/mol. The molecule has 2 unspecified atom stereocenters. The first-order valence-corrected chi connectivity index (χ1v) is 7.93. The first kappa shape index (κ1) is 13.0. The molecule has 3 rings (SSSR count). The minimum Gasteiger partial charge on any atom is -0.384 e. The van der Waals surface area contributed by atoms with E-state index in [1.54, 1.807) is 11.1 Å². The summed E-state index contributed by atoms with van der Waals surface area (Å²) in [5.74, 6) is 0.751. The van der Waals surface area contributed by atoms with Crippen molar-refractivity contribution in [1.82, 2.24) is 4.90 Å². The first-order chi connectivity index (χ1) is 9.33. The molecule has 1 heterocycles. The van der Waals surface area contributed by atoms with Crippen LogP contribution in [0, 0.1) is 0 Å². The van der Waals surface area contributed by atoms with Gasteiger partial charge in [0.05, 0.1) is 0 Å². The molecule has 0 saturated carbocycles. The van der Waals surface area contributed by atoms with Crippen LogP contribution in [0.5, 0.6) is 0 Å². The van der Waals surface area contributed by atoms with Gasteiger partial charge in [-0.3, -0.25) is 0 Å². The lowest BCUT2D eigenvalue weighted by Gasteiger charge is -2.37. The summed E-state index contributed by atoms with van der Waals surface area (Å²) in [6.07, 6.45) is 5.14. The fourth-order valence-electron chi connectivity index (χ4n) is 3.96. The summed E-state index contributed by atoms with van der Waals surface area (Å²) >= 11 is 0. The lowest BCUT2D eigenvalue weighted by Crippen LogP contribution is -2.41. The highest BCUT2D eigenvalue weighted by molar-refractivity contribution is 5.62. The Kier molecular flexibility index (Phi) is 3.79. The maximum atomic E-state index is 3.59. The van der Waals surface area contributed by atoms with E-state index >= 15 is 0 Å². The number of benzene rings is 1. The minimum absolute atomic E-state index is 0.751. The molecule has 2 atom stereocenters. The third kappa shape index (κ3) is 2.38. The van der Waals surface area contributed by atoms with Crippen molar-refractivity contribution in [1.29, 1.82) is 0 Å². The maximum absolute atomic E-state index is 3.59. The molecule has 2 heteroatoms. The molecule has 1 aliphatic carbocycles. The van der Waals surface area contributed by atoms with Crippen molar-refractivity contribution in [2.24, 2.45) is 0 Å². The van der Waals surface area contributed by atoms with Gasteiger partial charge in [0, 0.05) is 24.2 Å². The van der Waals surface area contributed by atoms with E-state index < -0.39 is 0 Å². The number of hydrogen-bond acceptors (Lipinski definition) is 2. The van der Waals surface area contributed by atoms with Crippen LogP contribution in [-0.2, 0) is 6.42 Å². The Morgan fingerprint density at radius 1 is 1.21 bits per heavy atom. The summed E-state index contributed by atoms with van der Waals surface area (Å²) in [6, 6.07) is 7.57. The molecular formula is C17H26N2. The quantitative estimate of drug-likeness (QED) is 0.867. The zero-order chi connectivity index (χ0) is 13.2. The van der Waals surface area contributed by atoms with Crippen LogP contribution in [0.15, 0.2) is 18.2 Å². The van der Waals surface area contributed by atoms with Gasteiger partial charge in [0.1, 0.15) is 0 Å². The summed E-state index contributed by atoms with van der Waals surface area (Å²) in [5.41, 5.74) is 4.63. The van der Waals surface area contributed by atoms with Crippen LogP contribution < -0.4 is 5.32 Å². The third-order valence-electron chi connectivity index (χ3n) is 4.69. The molecule has 19 heavy (non-hydrogen) atoms. The van der Waals surface area contributed by atoms with Crippen molar-refractivity contribution in [2.75, 3.05) is 25.0 Å². The van der Waals surface area contributed by atoms with E-state index in [-0.39, 0.29) is 0 Å². The summed E-state index contributed by atoms with van der Waals surface area (Å²) < 4.78 is 0. The summed E-state index contributed by atoms with van der Waals surface area (Å²) in [7, 11) is 0. The lowest BCUT2D eigenvalue weighted by molar-refractivity contribution is 0.172. The van der Waals surface area contributed by atoms with Crippen LogP contribution in [0.4, 0.5) is 5.69 Å². The zero-order valence-corrected chi connectivity index (χ0v) is 12.3. The molecule has 104 valence electrons. The minimum atomic E-state index is 0.751. The molecule has 0 bridgehead atoms. The van der Waals surface area contributed by atoms with Crippen molar-refractivity contribution in [3.8, 4) is 0 Å². The molecule has 1 aromatic carbocycles. The average molecular weight is 258 g/mol. The molecule has 0 saturated heterocycles. The van der Waals surface area contributed by atoms with E-state index in [2.05, 4.69) is 42.3 Å². The second kappa shape index (κ2) is 5.54. The van der Waals surface area contributed by atoms with Crippen LogP contribution in [0.2, 0.25) is 0 Å². The van der Waals surface area contributed by atoms with Gasteiger partial charge in [-0.2, -0.15) is 0 Å². The highest BCUT2D eigenvalue weighted by atomic mass is 15.2. The third-order valence-corrected chi connectivity index (χ3v) is 4.69. The van der Waals surface area contributed by atoms with E-state index in [0.29, 0.717) is 0 Å². The second-order valence-electron chi connectivity index (χ2n) is 6.09. The van der Waals surface area contributed by atoms with Gasteiger partial charge in [0.25, 0.3) is 0 Å². The fraction of sp³-hybridized carbons (Fsp3) is 0.647. The van der Waals surface area contributed by atoms with Crippen LogP contribution in [0.3, 0.4) is 0 Å². The zero-order valence-electron chi connectivity index (χ0n) is 12.3. The van der Waals surface area contributed by atoms with Gasteiger partial charge in [0.15, 0.2) is 0 Å². The molecule has 2 aliphatic rings. The van der Waals surface area contributed by atoms with Gasteiger partial charge in [0.2, 0.25) is 0 Å². The largest absolute Gasteiger partial charge is 0.384 e. The molecule has 2 nitrogen and oxygen atoms in total. The Bertz CT molecular complexity index is 435. The lowest BCUT2D eigenvalue weighted by atomic mass is 9.80.